The third-order valence-corrected chi connectivity index (χ3v) is 4.93. The van der Waals surface area contributed by atoms with Crippen LogP contribution in [0.15, 0.2) is 42.5 Å². The SMILES string of the molecule is COc1c(Oc2ccc(CCN)cc2)cc(C(=O)NC2C=CCC2)c(OC)c1OC. The van der Waals surface area contributed by atoms with Gasteiger partial charge in [0.15, 0.2) is 11.5 Å². The van der Waals surface area contributed by atoms with Crippen LogP contribution in [0, 0.1) is 0 Å². The van der Waals surface area contributed by atoms with Crippen molar-refractivity contribution >= 4 is 5.91 Å². The van der Waals surface area contributed by atoms with Crippen LogP contribution in [0.4, 0.5) is 0 Å². The van der Waals surface area contributed by atoms with E-state index in [-0.39, 0.29) is 11.9 Å². The summed E-state index contributed by atoms with van der Waals surface area (Å²) < 4.78 is 22.6. The molecule has 7 heteroatoms. The molecule has 2 aromatic carbocycles. The highest BCUT2D eigenvalue weighted by Gasteiger charge is 2.27. The van der Waals surface area contributed by atoms with Crippen molar-refractivity contribution in [3.05, 3.63) is 53.6 Å². The fourth-order valence-electron chi connectivity index (χ4n) is 3.44. The second-order valence-corrected chi connectivity index (χ2v) is 6.89. The van der Waals surface area contributed by atoms with E-state index in [0.717, 1.165) is 24.8 Å². The van der Waals surface area contributed by atoms with Crippen LogP contribution in [-0.2, 0) is 6.42 Å². The van der Waals surface area contributed by atoms with Crippen molar-refractivity contribution in [3.63, 3.8) is 0 Å². The Bertz CT molecular complexity index is 909. The van der Waals surface area contributed by atoms with Gasteiger partial charge in [-0.05, 0) is 43.5 Å². The van der Waals surface area contributed by atoms with Crippen LogP contribution in [0.5, 0.6) is 28.7 Å². The first-order chi connectivity index (χ1) is 14.6. The molecule has 1 atom stereocenters. The van der Waals surface area contributed by atoms with Gasteiger partial charge in [-0.25, -0.2) is 0 Å². The van der Waals surface area contributed by atoms with Crippen molar-refractivity contribution in [2.75, 3.05) is 27.9 Å². The molecule has 0 fully saturated rings. The molecular weight excluding hydrogens is 384 g/mol. The first-order valence-corrected chi connectivity index (χ1v) is 9.88. The van der Waals surface area contributed by atoms with Crippen LogP contribution in [0.2, 0.25) is 0 Å². The lowest BCUT2D eigenvalue weighted by atomic mass is 10.1. The van der Waals surface area contributed by atoms with Crippen LogP contribution in [-0.4, -0.2) is 39.8 Å². The molecule has 0 saturated carbocycles. The summed E-state index contributed by atoms with van der Waals surface area (Å²) in [7, 11) is 4.49. The molecule has 160 valence electrons. The first-order valence-electron chi connectivity index (χ1n) is 9.88. The van der Waals surface area contributed by atoms with E-state index in [1.165, 1.54) is 21.3 Å². The molecule has 1 aliphatic rings. The van der Waals surface area contributed by atoms with Gasteiger partial charge in [0.2, 0.25) is 11.5 Å². The van der Waals surface area contributed by atoms with Crippen molar-refractivity contribution in [3.8, 4) is 28.7 Å². The molecule has 0 aliphatic heterocycles. The molecule has 3 rings (SSSR count). The lowest BCUT2D eigenvalue weighted by Gasteiger charge is -2.20. The molecule has 3 N–H and O–H groups in total. The van der Waals surface area contributed by atoms with Crippen molar-refractivity contribution in [1.29, 1.82) is 0 Å². The van der Waals surface area contributed by atoms with E-state index >= 15 is 0 Å². The summed E-state index contributed by atoms with van der Waals surface area (Å²) in [6.07, 6.45) is 6.66. The molecule has 1 unspecified atom stereocenters. The minimum Gasteiger partial charge on any atom is -0.492 e. The predicted octanol–water partition coefficient (Wildman–Crippen LogP) is 3.45. The number of hydrogen-bond donors (Lipinski definition) is 2. The molecule has 0 heterocycles. The van der Waals surface area contributed by atoms with Crippen molar-refractivity contribution in [2.45, 2.75) is 25.3 Å². The molecule has 0 aromatic heterocycles. The Morgan fingerprint density at radius 1 is 1.07 bits per heavy atom. The molecule has 7 nitrogen and oxygen atoms in total. The van der Waals surface area contributed by atoms with Gasteiger partial charge in [-0.15, -0.1) is 0 Å². The normalized spacial score (nSPS) is 15.0. The minimum atomic E-state index is -0.271. The Hall–Kier alpha value is -3.19. The van der Waals surface area contributed by atoms with Gasteiger partial charge < -0.3 is 30.0 Å². The number of nitrogens with two attached hydrogens (primary N) is 1. The maximum absolute atomic E-state index is 13.0. The lowest BCUT2D eigenvalue weighted by Crippen LogP contribution is -2.32. The van der Waals surface area contributed by atoms with Crippen LogP contribution in [0.1, 0.15) is 28.8 Å². The highest BCUT2D eigenvalue weighted by molar-refractivity contribution is 5.99. The monoisotopic (exact) mass is 412 g/mol. The fraction of sp³-hybridized carbons (Fsp3) is 0.348. The van der Waals surface area contributed by atoms with E-state index in [9.17, 15) is 4.79 Å². The number of benzene rings is 2. The van der Waals surface area contributed by atoms with Crippen molar-refractivity contribution in [2.24, 2.45) is 5.73 Å². The highest BCUT2D eigenvalue weighted by Crippen LogP contribution is 2.48. The standard InChI is InChI=1S/C23H28N2O5/c1-27-20-18(23(26)25-16-6-4-5-7-16)14-19(21(28-2)22(20)29-3)30-17-10-8-15(9-11-17)12-13-24/h4,6,8-11,14,16H,5,7,12-13,24H2,1-3H3,(H,25,26). The lowest BCUT2D eigenvalue weighted by molar-refractivity contribution is 0.0940. The molecule has 1 aliphatic carbocycles. The minimum absolute atomic E-state index is 0.00485. The average Bonchev–Trinajstić information content (AvgIpc) is 3.27. The first kappa shape index (κ1) is 21.5. The zero-order valence-electron chi connectivity index (χ0n) is 17.6. The maximum atomic E-state index is 13.0. The van der Waals surface area contributed by atoms with Gasteiger partial charge in [0, 0.05) is 12.1 Å². The van der Waals surface area contributed by atoms with E-state index in [1.807, 2.05) is 30.3 Å². The molecular formula is C23H28N2O5. The van der Waals surface area contributed by atoms with Crippen molar-refractivity contribution < 1.29 is 23.7 Å². The molecule has 30 heavy (non-hydrogen) atoms. The van der Waals surface area contributed by atoms with E-state index < -0.39 is 0 Å². The van der Waals surface area contributed by atoms with Crippen molar-refractivity contribution in [1.82, 2.24) is 5.32 Å². The number of ether oxygens (including phenoxy) is 4. The van der Waals surface area contributed by atoms with Gasteiger partial charge in [0.1, 0.15) is 5.75 Å². The van der Waals surface area contributed by atoms with Gasteiger partial charge in [0.05, 0.1) is 26.9 Å². The summed E-state index contributed by atoms with van der Waals surface area (Å²) in [6.45, 7) is 0.582. The summed E-state index contributed by atoms with van der Waals surface area (Å²) >= 11 is 0. The summed E-state index contributed by atoms with van der Waals surface area (Å²) in [6, 6.07) is 9.22. The van der Waals surface area contributed by atoms with E-state index in [1.54, 1.807) is 6.07 Å². The molecule has 0 spiro atoms. The number of carbonyl (C=O) groups is 1. The van der Waals surface area contributed by atoms with Gasteiger partial charge >= 0.3 is 0 Å². The number of hydrogen-bond acceptors (Lipinski definition) is 6. The van der Waals surface area contributed by atoms with Gasteiger partial charge in [-0.1, -0.05) is 24.3 Å². The molecule has 0 bridgehead atoms. The number of rotatable bonds is 9. The topological polar surface area (TPSA) is 92.0 Å². The Kier molecular flexibility index (Phi) is 7.19. The zero-order valence-corrected chi connectivity index (χ0v) is 17.6. The number of allylic oxidation sites excluding steroid dienone is 1. The predicted molar refractivity (Wildman–Crippen MR) is 115 cm³/mol. The third kappa shape index (κ3) is 4.68. The summed E-state index contributed by atoms with van der Waals surface area (Å²) in [5.41, 5.74) is 7.04. The fourth-order valence-corrected chi connectivity index (χ4v) is 3.44. The van der Waals surface area contributed by atoms with Crippen LogP contribution in [0.3, 0.4) is 0 Å². The Morgan fingerprint density at radius 2 is 1.77 bits per heavy atom. The third-order valence-electron chi connectivity index (χ3n) is 4.93. The smallest absolute Gasteiger partial charge is 0.255 e. The second-order valence-electron chi connectivity index (χ2n) is 6.89. The largest absolute Gasteiger partial charge is 0.492 e. The second kappa shape index (κ2) is 10.0. The number of nitrogens with one attached hydrogen (secondary N) is 1. The molecule has 2 aromatic rings. The van der Waals surface area contributed by atoms with Gasteiger partial charge in [-0.2, -0.15) is 0 Å². The molecule has 0 radical (unpaired) electrons. The molecule has 1 amide bonds. The maximum Gasteiger partial charge on any atom is 0.255 e. The number of amides is 1. The summed E-state index contributed by atoms with van der Waals surface area (Å²) in [5.74, 6) is 1.62. The quantitative estimate of drug-likeness (QED) is 0.613. The summed E-state index contributed by atoms with van der Waals surface area (Å²) in [5, 5.41) is 3.00. The van der Waals surface area contributed by atoms with Crippen LogP contribution < -0.4 is 30.0 Å². The van der Waals surface area contributed by atoms with Crippen LogP contribution >= 0.6 is 0 Å². The highest BCUT2D eigenvalue weighted by atomic mass is 16.5. The van der Waals surface area contributed by atoms with Gasteiger partial charge in [-0.3, -0.25) is 4.79 Å². The zero-order chi connectivity index (χ0) is 21.5. The Balaban J connectivity index is 1.98. The number of carbonyl (C=O) groups excluding carboxylic acids is 1. The van der Waals surface area contributed by atoms with E-state index in [4.69, 9.17) is 24.7 Å². The Labute approximate surface area is 176 Å². The van der Waals surface area contributed by atoms with E-state index in [2.05, 4.69) is 11.4 Å². The molecule has 0 saturated heterocycles. The number of methoxy groups -OCH3 is 3. The van der Waals surface area contributed by atoms with Crippen LogP contribution in [0.25, 0.3) is 0 Å². The van der Waals surface area contributed by atoms with Gasteiger partial charge in [0.25, 0.3) is 5.91 Å². The summed E-state index contributed by atoms with van der Waals surface area (Å²) in [4.78, 5) is 13.0. The average molecular weight is 412 g/mol. The Morgan fingerprint density at radius 3 is 2.33 bits per heavy atom. The van der Waals surface area contributed by atoms with E-state index in [0.29, 0.717) is 40.9 Å².